The van der Waals surface area contributed by atoms with Gasteiger partial charge in [-0.3, -0.25) is 5.10 Å². The Bertz CT molecular complexity index is 1320. The first-order chi connectivity index (χ1) is 16.6. The number of nitrogens with one attached hydrogen (secondary N) is 2. The third-order valence-electron chi connectivity index (χ3n) is 4.78. The fourth-order valence-electron chi connectivity index (χ4n) is 3.28. The summed E-state index contributed by atoms with van der Waals surface area (Å²) in [5.74, 6) is 2.68. The molecule has 11 heteroatoms. The van der Waals surface area contributed by atoms with Crippen LogP contribution >= 0.6 is 0 Å². The number of fused-ring (bicyclic) bond motifs is 1. The lowest BCUT2D eigenvalue weighted by molar-refractivity contribution is 0.396. The van der Waals surface area contributed by atoms with Crippen molar-refractivity contribution in [3.05, 3.63) is 48.8 Å². The van der Waals surface area contributed by atoms with Crippen molar-refractivity contribution in [2.75, 3.05) is 12.4 Å². The van der Waals surface area contributed by atoms with Crippen LogP contribution in [0.4, 0.5) is 11.6 Å². The highest BCUT2D eigenvalue weighted by Gasteiger charge is 2.19. The SMILES string of the molecule is CC.CC.COc1cnc(Nc2nc(-c3nccn3C)nn3cc(-c4ccn[nH]4)c(C)c23)cn1. The van der Waals surface area contributed by atoms with Gasteiger partial charge in [-0.1, -0.05) is 27.7 Å². The van der Waals surface area contributed by atoms with Crippen LogP contribution in [-0.4, -0.2) is 51.4 Å². The minimum absolute atomic E-state index is 0.433. The Balaban J connectivity index is 0.000000771. The molecule has 34 heavy (non-hydrogen) atoms. The van der Waals surface area contributed by atoms with Gasteiger partial charge >= 0.3 is 0 Å². The number of methoxy groups -OCH3 is 1. The molecule has 5 rings (SSSR count). The molecule has 0 aliphatic heterocycles. The molecule has 178 valence electrons. The topological polar surface area (TPSA) is 124 Å². The molecule has 5 aromatic heterocycles. The molecule has 0 fully saturated rings. The molecule has 5 aromatic rings. The summed E-state index contributed by atoms with van der Waals surface area (Å²) in [4.78, 5) is 17.7. The molecular formula is C23H30N10O. The Morgan fingerprint density at radius 2 is 1.82 bits per heavy atom. The van der Waals surface area contributed by atoms with Crippen LogP contribution in [0, 0.1) is 6.92 Å². The van der Waals surface area contributed by atoms with Gasteiger partial charge in [0.1, 0.15) is 11.3 Å². The largest absolute Gasteiger partial charge is 0.480 e. The molecule has 0 aromatic carbocycles. The number of hydrogen-bond acceptors (Lipinski definition) is 8. The van der Waals surface area contributed by atoms with Gasteiger partial charge in [-0.05, 0) is 18.6 Å². The third-order valence-corrected chi connectivity index (χ3v) is 4.78. The smallest absolute Gasteiger partial charge is 0.232 e. The predicted molar refractivity (Wildman–Crippen MR) is 132 cm³/mol. The summed E-state index contributed by atoms with van der Waals surface area (Å²) >= 11 is 0. The molecule has 0 bridgehead atoms. The van der Waals surface area contributed by atoms with E-state index in [1.165, 1.54) is 0 Å². The van der Waals surface area contributed by atoms with Crippen molar-refractivity contribution in [3.8, 4) is 28.8 Å². The number of nitrogens with zero attached hydrogens (tertiary/aromatic N) is 8. The van der Waals surface area contributed by atoms with Gasteiger partial charge in [0.15, 0.2) is 11.6 Å². The number of imidazole rings is 1. The quantitative estimate of drug-likeness (QED) is 0.393. The zero-order chi connectivity index (χ0) is 24.7. The minimum atomic E-state index is 0.433. The zero-order valence-corrected chi connectivity index (χ0v) is 20.5. The van der Waals surface area contributed by atoms with E-state index < -0.39 is 0 Å². The second kappa shape index (κ2) is 11.0. The summed E-state index contributed by atoms with van der Waals surface area (Å²) in [6, 6.07) is 1.91. The second-order valence-corrected chi connectivity index (χ2v) is 6.65. The Hall–Kier alpha value is -4.28. The van der Waals surface area contributed by atoms with Gasteiger partial charge < -0.3 is 14.6 Å². The maximum Gasteiger partial charge on any atom is 0.232 e. The van der Waals surface area contributed by atoms with E-state index in [0.717, 1.165) is 22.3 Å². The van der Waals surface area contributed by atoms with Gasteiger partial charge in [-0.2, -0.15) is 5.10 Å². The summed E-state index contributed by atoms with van der Waals surface area (Å²) in [7, 11) is 3.44. The molecule has 0 amide bonds. The van der Waals surface area contributed by atoms with Gasteiger partial charge in [0.25, 0.3) is 0 Å². The lowest BCUT2D eigenvalue weighted by Crippen LogP contribution is -2.07. The zero-order valence-electron chi connectivity index (χ0n) is 20.5. The first kappa shape index (κ1) is 24.4. The maximum absolute atomic E-state index is 5.08. The first-order valence-corrected chi connectivity index (χ1v) is 11.1. The number of ether oxygens (including phenoxy) is 1. The van der Waals surface area contributed by atoms with Crippen LogP contribution in [0.1, 0.15) is 33.3 Å². The highest BCUT2D eigenvalue weighted by atomic mass is 16.5. The predicted octanol–water partition coefficient (Wildman–Crippen LogP) is 4.42. The lowest BCUT2D eigenvalue weighted by Gasteiger charge is -2.10. The van der Waals surface area contributed by atoms with Crippen molar-refractivity contribution in [2.45, 2.75) is 34.6 Å². The van der Waals surface area contributed by atoms with Crippen molar-refractivity contribution in [2.24, 2.45) is 7.05 Å². The average Bonchev–Trinajstić information content (AvgIpc) is 3.63. The first-order valence-electron chi connectivity index (χ1n) is 11.1. The maximum atomic E-state index is 5.08. The van der Waals surface area contributed by atoms with E-state index in [1.807, 2.05) is 64.7 Å². The molecule has 2 N–H and O–H groups in total. The number of hydrogen-bond donors (Lipinski definition) is 2. The summed E-state index contributed by atoms with van der Waals surface area (Å²) in [6.45, 7) is 10.0. The average molecular weight is 463 g/mol. The van der Waals surface area contributed by atoms with Crippen molar-refractivity contribution in [3.63, 3.8) is 0 Å². The summed E-state index contributed by atoms with van der Waals surface area (Å²) in [5.41, 5.74) is 3.68. The molecule has 0 atom stereocenters. The van der Waals surface area contributed by atoms with E-state index in [-0.39, 0.29) is 0 Å². The standard InChI is InChI=1S/C19H18N10O.2C2H6/c1-11-12(13-4-5-23-26-13)10-29-16(11)17(24-14-8-22-15(30-3)9-21-14)25-18(27-29)19-20-6-7-28(19)2;2*1-2/h4-10H,1-3H3,(H,23,26)(H,21,24,25,27);2*1-2H3. The van der Waals surface area contributed by atoms with Crippen LogP contribution in [-0.2, 0) is 7.05 Å². The van der Waals surface area contributed by atoms with Gasteiger partial charge in [0.05, 0.1) is 25.2 Å². The Labute approximate surface area is 198 Å². The number of rotatable bonds is 5. The van der Waals surface area contributed by atoms with Crippen LogP contribution in [0.2, 0.25) is 0 Å². The molecule has 11 nitrogen and oxygen atoms in total. The Morgan fingerprint density at radius 3 is 2.41 bits per heavy atom. The van der Waals surface area contributed by atoms with Crippen molar-refractivity contribution >= 4 is 17.2 Å². The summed E-state index contributed by atoms with van der Waals surface area (Å²) in [5, 5.41) is 15.0. The minimum Gasteiger partial charge on any atom is -0.480 e. The molecule has 0 saturated carbocycles. The molecule has 0 aliphatic rings. The summed E-state index contributed by atoms with van der Waals surface area (Å²) in [6.07, 6.45) is 10.3. The highest BCUT2D eigenvalue weighted by Crippen LogP contribution is 2.31. The molecular weight excluding hydrogens is 432 g/mol. The van der Waals surface area contributed by atoms with Gasteiger partial charge in [0.2, 0.25) is 11.7 Å². The van der Waals surface area contributed by atoms with Crippen molar-refractivity contribution < 1.29 is 4.74 Å². The number of anilines is 2. The van der Waals surface area contributed by atoms with E-state index in [9.17, 15) is 0 Å². The molecule has 0 spiro atoms. The van der Waals surface area contributed by atoms with Gasteiger partial charge in [-0.25, -0.2) is 24.5 Å². The number of aromatic amines is 1. The Morgan fingerprint density at radius 1 is 1.03 bits per heavy atom. The van der Waals surface area contributed by atoms with Crippen LogP contribution in [0.5, 0.6) is 5.88 Å². The van der Waals surface area contributed by atoms with Gasteiger partial charge in [-0.15, -0.1) is 5.10 Å². The molecule has 0 saturated heterocycles. The monoisotopic (exact) mass is 462 g/mol. The van der Waals surface area contributed by atoms with Crippen LogP contribution in [0.3, 0.4) is 0 Å². The second-order valence-electron chi connectivity index (χ2n) is 6.65. The molecule has 5 heterocycles. The van der Waals surface area contributed by atoms with E-state index in [2.05, 4.69) is 30.5 Å². The number of H-pyrrole nitrogens is 1. The molecule has 0 aliphatic carbocycles. The van der Waals surface area contributed by atoms with Crippen LogP contribution in [0.25, 0.3) is 28.4 Å². The van der Waals surface area contributed by atoms with Crippen LogP contribution < -0.4 is 10.1 Å². The number of aryl methyl sites for hydroxylation is 2. The van der Waals surface area contributed by atoms with E-state index in [1.54, 1.807) is 36.4 Å². The normalized spacial score (nSPS) is 10.2. The van der Waals surface area contributed by atoms with E-state index in [4.69, 9.17) is 14.8 Å². The van der Waals surface area contributed by atoms with E-state index in [0.29, 0.717) is 29.2 Å². The van der Waals surface area contributed by atoms with Crippen LogP contribution in [0.15, 0.2) is 43.2 Å². The summed E-state index contributed by atoms with van der Waals surface area (Å²) < 4.78 is 8.74. The molecule has 0 unspecified atom stereocenters. The Kier molecular flexibility index (Phi) is 7.91. The fourth-order valence-corrected chi connectivity index (χ4v) is 3.28. The van der Waals surface area contributed by atoms with Gasteiger partial charge in [0, 0.05) is 37.4 Å². The molecule has 0 radical (unpaired) electrons. The number of aromatic nitrogens is 9. The lowest BCUT2D eigenvalue weighted by atomic mass is 10.1. The van der Waals surface area contributed by atoms with Crippen molar-refractivity contribution in [1.29, 1.82) is 0 Å². The third kappa shape index (κ3) is 4.72. The van der Waals surface area contributed by atoms with Crippen molar-refractivity contribution in [1.82, 2.24) is 44.3 Å². The fraction of sp³-hybridized carbons (Fsp3) is 0.304. The van der Waals surface area contributed by atoms with E-state index >= 15 is 0 Å². The highest BCUT2D eigenvalue weighted by molar-refractivity contribution is 5.83.